The van der Waals surface area contributed by atoms with Gasteiger partial charge < -0.3 is 15.0 Å². The van der Waals surface area contributed by atoms with Gasteiger partial charge in [-0.05, 0) is 12.8 Å². The van der Waals surface area contributed by atoms with E-state index in [1.807, 2.05) is 4.90 Å². The number of amides is 1. The normalized spacial score (nSPS) is 21.8. The molecule has 0 aromatic heterocycles. The Labute approximate surface area is 109 Å². The molecule has 104 valence electrons. The summed E-state index contributed by atoms with van der Waals surface area (Å²) in [4.78, 5) is 25.4. The number of hydrogen-bond acceptors (Lipinski definition) is 4. The predicted octanol–water partition coefficient (Wildman–Crippen LogP) is 0.786. The maximum absolute atomic E-state index is 12.2. The number of carbonyl (C=O) groups excluding carboxylic acids is 2. The van der Waals surface area contributed by atoms with Gasteiger partial charge in [-0.25, -0.2) is 0 Å². The van der Waals surface area contributed by atoms with Gasteiger partial charge in [0.15, 0.2) is 0 Å². The lowest BCUT2D eigenvalue weighted by molar-refractivity contribution is -0.148. The van der Waals surface area contributed by atoms with E-state index >= 15 is 0 Å². The van der Waals surface area contributed by atoms with Gasteiger partial charge in [-0.15, -0.1) is 0 Å². The lowest BCUT2D eigenvalue weighted by Gasteiger charge is -2.34. The minimum absolute atomic E-state index is 0.0228. The van der Waals surface area contributed by atoms with Gasteiger partial charge in [0.05, 0.1) is 19.1 Å². The van der Waals surface area contributed by atoms with Crippen molar-refractivity contribution in [1.29, 1.82) is 0 Å². The first-order chi connectivity index (χ1) is 8.58. The zero-order chi connectivity index (χ0) is 13.5. The fourth-order valence-electron chi connectivity index (χ4n) is 2.02. The molecule has 0 spiro atoms. The van der Waals surface area contributed by atoms with Gasteiger partial charge in [0.1, 0.15) is 0 Å². The van der Waals surface area contributed by atoms with Crippen molar-refractivity contribution < 1.29 is 14.3 Å². The van der Waals surface area contributed by atoms with E-state index in [-0.39, 0.29) is 18.3 Å². The van der Waals surface area contributed by atoms with Crippen LogP contribution in [0.4, 0.5) is 0 Å². The number of nitrogens with zero attached hydrogens (tertiary/aromatic N) is 1. The Morgan fingerprint density at radius 3 is 2.89 bits per heavy atom. The molecule has 0 bridgehead atoms. The summed E-state index contributed by atoms with van der Waals surface area (Å²) >= 11 is 0. The van der Waals surface area contributed by atoms with Crippen molar-refractivity contribution in [1.82, 2.24) is 10.2 Å². The van der Waals surface area contributed by atoms with Crippen LogP contribution in [0.1, 0.15) is 33.6 Å². The highest BCUT2D eigenvalue weighted by molar-refractivity contribution is 5.87. The number of hydrogen-bond donors (Lipinski definition) is 1. The van der Waals surface area contributed by atoms with Crippen molar-refractivity contribution in [2.45, 2.75) is 39.7 Å². The molecule has 1 saturated heterocycles. The summed E-state index contributed by atoms with van der Waals surface area (Å²) in [6.07, 6.45) is 1.18. The molecule has 0 aromatic carbocycles. The van der Waals surface area contributed by atoms with Crippen LogP contribution in [-0.2, 0) is 14.3 Å². The SMILES string of the molecule is CCOC(=O)CC1NCCN(CC(C)CC)C1=O. The van der Waals surface area contributed by atoms with Gasteiger partial charge in [0.2, 0.25) is 5.91 Å². The Morgan fingerprint density at radius 1 is 1.56 bits per heavy atom. The fraction of sp³-hybridized carbons (Fsp3) is 0.846. The second-order valence-electron chi connectivity index (χ2n) is 4.81. The average Bonchev–Trinajstić information content (AvgIpc) is 2.34. The number of carbonyl (C=O) groups is 2. The van der Waals surface area contributed by atoms with Crippen LogP contribution in [0.15, 0.2) is 0 Å². The van der Waals surface area contributed by atoms with E-state index in [0.717, 1.165) is 26.1 Å². The Morgan fingerprint density at radius 2 is 2.28 bits per heavy atom. The molecule has 5 nitrogen and oxygen atoms in total. The molecule has 1 aliphatic heterocycles. The number of nitrogens with one attached hydrogen (secondary N) is 1. The quantitative estimate of drug-likeness (QED) is 0.714. The molecular weight excluding hydrogens is 232 g/mol. The summed E-state index contributed by atoms with van der Waals surface area (Å²) in [5, 5.41) is 3.09. The molecule has 1 amide bonds. The molecule has 1 aliphatic rings. The predicted molar refractivity (Wildman–Crippen MR) is 69.1 cm³/mol. The maximum atomic E-state index is 12.2. The standard InChI is InChI=1S/C13H24N2O3/c1-4-10(3)9-15-7-6-14-11(13(15)17)8-12(16)18-5-2/h10-11,14H,4-9H2,1-3H3. The summed E-state index contributed by atoms with van der Waals surface area (Å²) in [5.74, 6) is 0.207. The summed E-state index contributed by atoms with van der Waals surface area (Å²) in [6, 6.07) is -0.415. The molecule has 1 heterocycles. The van der Waals surface area contributed by atoms with Gasteiger partial charge >= 0.3 is 5.97 Å². The molecule has 2 unspecified atom stereocenters. The molecule has 1 N–H and O–H groups in total. The average molecular weight is 256 g/mol. The highest BCUT2D eigenvalue weighted by Crippen LogP contribution is 2.10. The topological polar surface area (TPSA) is 58.6 Å². The van der Waals surface area contributed by atoms with Gasteiger partial charge in [-0.3, -0.25) is 9.59 Å². The smallest absolute Gasteiger partial charge is 0.307 e. The van der Waals surface area contributed by atoms with Gasteiger partial charge in [0.25, 0.3) is 0 Å². The van der Waals surface area contributed by atoms with E-state index < -0.39 is 6.04 Å². The van der Waals surface area contributed by atoms with Crippen molar-refractivity contribution in [3.63, 3.8) is 0 Å². The zero-order valence-electron chi connectivity index (χ0n) is 11.6. The second-order valence-corrected chi connectivity index (χ2v) is 4.81. The molecule has 0 aliphatic carbocycles. The summed E-state index contributed by atoms with van der Waals surface area (Å²) in [6.45, 7) is 8.62. The van der Waals surface area contributed by atoms with Crippen molar-refractivity contribution in [3.8, 4) is 0 Å². The van der Waals surface area contributed by atoms with Gasteiger partial charge in [-0.2, -0.15) is 0 Å². The number of piperazine rings is 1. The number of esters is 1. The second kappa shape index (κ2) is 7.36. The Balaban J connectivity index is 2.50. The molecule has 0 radical (unpaired) electrons. The third kappa shape index (κ3) is 4.29. The summed E-state index contributed by atoms with van der Waals surface area (Å²) in [5.41, 5.74) is 0. The number of rotatable bonds is 6. The van der Waals surface area contributed by atoms with E-state index in [4.69, 9.17) is 4.74 Å². The van der Waals surface area contributed by atoms with Gasteiger partial charge in [0, 0.05) is 19.6 Å². The molecule has 0 aromatic rings. The maximum Gasteiger partial charge on any atom is 0.307 e. The van der Waals surface area contributed by atoms with Crippen LogP contribution < -0.4 is 5.32 Å². The Hall–Kier alpha value is -1.10. The largest absolute Gasteiger partial charge is 0.466 e. The molecule has 1 fully saturated rings. The first kappa shape index (κ1) is 15.0. The first-order valence-corrected chi connectivity index (χ1v) is 6.76. The lowest BCUT2D eigenvalue weighted by atomic mass is 10.1. The molecule has 5 heteroatoms. The van der Waals surface area contributed by atoms with Crippen LogP contribution in [0.25, 0.3) is 0 Å². The van der Waals surface area contributed by atoms with Crippen LogP contribution >= 0.6 is 0 Å². The van der Waals surface area contributed by atoms with Crippen LogP contribution in [0, 0.1) is 5.92 Å². The molecule has 2 atom stereocenters. The lowest BCUT2D eigenvalue weighted by Crippen LogP contribution is -2.56. The summed E-state index contributed by atoms with van der Waals surface area (Å²) in [7, 11) is 0. The number of ether oxygens (including phenoxy) is 1. The third-order valence-electron chi connectivity index (χ3n) is 3.29. The summed E-state index contributed by atoms with van der Waals surface area (Å²) < 4.78 is 4.88. The van der Waals surface area contributed by atoms with E-state index in [1.54, 1.807) is 6.92 Å². The van der Waals surface area contributed by atoms with E-state index in [1.165, 1.54) is 0 Å². The van der Waals surface area contributed by atoms with Crippen molar-refractivity contribution >= 4 is 11.9 Å². The third-order valence-corrected chi connectivity index (χ3v) is 3.29. The Kier molecular flexibility index (Phi) is 6.12. The van der Waals surface area contributed by atoms with Crippen LogP contribution in [-0.4, -0.2) is 49.1 Å². The highest BCUT2D eigenvalue weighted by Gasteiger charge is 2.30. The Bertz CT molecular complexity index is 294. The van der Waals surface area contributed by atoms with Gasteiger partial charge in [-0.1, -0.05) is 20.3 Å². The molecule has 18 heavy (non-hydrogen) atoms. The van der Waals surface area contributed by atoms with E-state index in [2.05, 4.69) is 19.2 Å². The van der Waals surface area contributed by atoms with E-state index in [0.29, 0.717) is 12.5 Å². The van der Waals surface area contributed by atoms with Crippen LogP contribution in [0.2, 0.25) is 0 Å². The monoisotopic (exact) mass is 256 g/mol. The van der Waals surface area contributed by atoms with Crippen LogP contribution in [0.3, 0.4) is 0 Å². The van der Waals surface area contributed by atoms with E-state index in [9.17, 15) is 9.59 Å². The molecular formula is C13H24N2O3. The molecule has 1 rings (SSSR count). The minimum Gasteiger partial charge on any atom is -0.466 e. The van der Waals surface area contributed by atoms with Crippen molar-refractivity contribution in [2.75, 3.05) is 26.2 Å². The molecule has 0 saturated carbocycles. The van der Waals surface area contributed by atoms with Crippen LogP contribution in [0.5, 0.6) is 0 Å². The van der Waals surface area contributed by atoms with Crippen molar-refractivity contribution in [3.05, 3.63) is 0 Å². The minimum atomic E-state index is -0.415. The van der Waals surface area contributed by atoms with Crippen molar-refractivity contribution in [2.24, 2.45) is 5.92 Å². The first-order valence-electron chi connectivity index (χ1n) is 6.76. The highest BCUT2D eigenvalue weighted by atomic mass is 16.5. The zero-order valence-corrected chi connectivity index (χ0v) is 11.6. The fourth-order valence-corrected chi connectivity index (χ4v) is 2.02.